The number of nitrogens with zero attached hydrogens (tertiary/aromatic N) is 1. The Morgan fingerprint density at radius 2 is 2.21 bits per heavy atom. The molecule has 0 aliphatic carbocycles. The minimum absolute atomic E-state index is 0.0470. The summed E-state index contributed by atoms with van der Waals surface area (Å²) in [5.41, 5.74) is 0.618. The molecule has 1 aromatic rings. The lowest BCUT2D eigenvalue weighted by atomic mass is 10.1. The molecule has 1 atom stereocenters. The molecule has 19 heavy (non-hydrogen) atoms. The zero-order valence-electron chi connectivity index (χ0n) is 10.6. The highest BCUT2D eigenvalue weighted by molar-refractivity contribution is 9.09. The van der Waals surface area contributed by atoms with Crippen LogP contribution in [0.1, 0.15) is 16.8 Å². The van der Waals surface area contributed by atoms with E-state index in [1.165, 1.54) is 0 Å². The number of fused-ring (bicyclic) bond motifs is 1. The maximum absolute atomic E-state index is 12.6. The molecular weight excluding hydrogens is 310 g/mol. The number of amides is 1. The number of alkyl halides is 1. The smallest absolute Gasteiger partial charge is 0.257 e. The van der Waals surface area contributed by atoms with Crippen molar-refractivity contribution in [2.24, 2.45) is 5.92 Å². The quantitative estimate of drug-likeness (QED) is 0.783. The number of halogens is 1. The van der Waals surface area contributed by atoms with Crippen LogP contribution in [0.5, 0.6) is 11.5 Å². The maximum Gasteiger partial charge on any atom is 0.257 e. The van der Waals surface area contributed by atoms with Crippen molar-refractivity contribution in [3.05, 3.63) is 23.8 Å². The van der Waals surface area contributed by atoms with E-state index in [1.54, 1.807) is 0 Å². The third-order valence-electron chi connectivity index (χ3n) is 3.59. The van der Waals surface area contributed by atoms with Crippen LogP contribution in [-0.4, -0.2) is 42.4 Å². The van der Waals surface area contributed by atoms with Gasteiger partial charge in [-0.2, -0.15) is 0 Å². The van der Waals surface area contributed by atoms with Gasteiger partial charge >= 0.3 is 0 Å². The molecule has 5 heteroatoms. The van der Waals surface area contributed by atoms with Crippen molar-refractivity contribution >= 4 is 21.8 Å². The average Bonchev–Trinajstić information content (AvgIpc) is 2.95. The largest absolute Gasteiger partial charge is 0.486 e. The first-order valence-corrected chi connectivity index (χ1v) is 7.65. The monoisotopic (exact) mass is 325 g/mol. The Bertz CT molecular complexity index is 492. The van der Waals surface area contributed by atoms with Crippen LogP contribution in [-0.2, 0) is 0 Å². The molecule has 1 fully saturated rings. The summed E-state index contributed by atoms with van der Waals surface area (Å²) in [6.07, 6.45) is 1.06. The number of hydrogen-bond acceptors (Lipinski definition) is 3. The number of benzene rings is 1. The molecule has 1 amide bonds. The van der Waals surface area contributed by atoms with Crippen LogP contribution >= 0.6 is 15.9 Å². The normalized spacial score (nSPS) is 21.5. The fraction of sp³-hybridized carbons (Fsp3) is 0.500. The van der Waals surface area contributed by atoms with E-state index < -0.39 is 0 Å². The molecule has 2 aliphatic rings. The Kier molecular flexibility index (Phi) is 3.64. The minimum atomic E-state index is 0.0470. The molecule has 1 unspecified atom stereocenters. The zero-order valence-corrected chi connectivity index (χ0v) is 12.2. The predicted octanol–water partition coefficient (Wildman–Crippen LogP) is 2.31. The molecule has 102 valence electrons. The topological polar surface area (TPSA) is 38.8 Å². The summed E-state index contributed by atoms with van der Waals surface area (Å²) >= 11 is 3.49. The minimum Gasteiger partial charge on any atom is -0.486 e. The molecule has 0 bridgehead atoms. The summed E-state index contributed by atoms with van der Waals surface area (Å²) in [5, 5.41) is 0.948. The summed E-state index contributed by atoms with van der Waals surface area (Å²) in [4.78, 5) is 14.5. The van der Waals surface area contributed by atoms with Crippen molar-refractivity contribution in [2.75, 3.05) is 31.6 Å². The second kappa shape index (κ2) is 5.41. The Morgan fingerprint density at radius 3 is 3.00 bits per heavy atom. The molecular formula is C14H16BrNO3. The van der Waals surface area contributed by atoms with Crippen LogP contribution in [0.3, 0.4) is 0 Å². The first-order chi connectivity index (χ1) is 9.29. The molecule has 0 N–H and O–H groups in total. The van der Waals surface area contributed by atoms with E-state index in [1.807, 2.05) is 23.1 Å². The van der Waals surface area contributed by atoms with Crippen molar-refractivity contribution in [2.45, 2.75) is 6.42 Å². The molecule has 0 saturated carbocycles. The number of para-hydroxylation sites is 1. The fourth-order valence-electron chi connectivity index (χ4n) is 2.56. The molecule has 4 nitrogen and oxygen atoms in total. The van der Waals surface area contributed by atoms with E-state index in [4.69, 9.17) is 9.47 Å². The van der Waals surface area contributed by atoms with Gasteiger partial charge in [0.15, 0.2) is 11.5 Å². The van der Waals surface area contributed by atoms with Crippen molar-refractivity contribution in [3.63, 3.8) is 0 Å². The van der Waals surface area contributed by atoms with Crippen LogP contribution in [0.15, 0.2) is 18.2 Å². The van der Waals surface area contributed by atoms with E-state index in [-0.39, 0.29) is 5.91 Å². The molecule has 0 aromatic heterocycles. The third-order valence-corrected chi connectivity index (χ3v) is 4.50. The lowest BCUT2D eigenvalue weighted by molar-refractivity contribution is 0.0777. The van der Waals surface area contributed by atoms with Crippen molar-refractivity contribution in [1.82, 2.24) is 4.90 Å². The fourth-order valence-corrected chi connectivity index (χ4v) is 3.08. The number of ether oxygens (including phenoxy) is 2. The zero-order chi connectivity index (χ0) is 13.2. The average molecular weight is 326 g/mol. The van der Waals surface area contributed by atoms with Gasteiger partial charge in [-0.25, -0.2) is 0 Å². The van der Waals surface area contributed by atoms with Gasteiger partial charge in [0.1, 0.15) is 13.2 Å². The van der Waals surface area contributed by atoms with Crippen molar-refractivity contribution in [1.29, 1.82) is 0 Å². The van der Waals surface area contributed by atoms with Gasteiger partial charge in [0.2, 0.25) is 0 Å². The summed E-state index contributed by atoms with van der Waals surface area (Å²) < 4.78 is 11.1. The first kappa shape index (κ1) is 12.8. The van der Waals surface area contributed by atoms with E-state index in [2.05, 4.69) is 15.9 Å². The molecule has 0 radical (unpaired) electrons. The molecule has 1 saturated heterocycles. The summed E-state index contributed by atoms with van der Waals surface area (Å²) in [6.45, 7) is 2.68. The third kappa shape index (κ3) is 2.43. The SMILES string of the molecule is O=C(c1cccc2c1OCCO2)N1CCC(CBr)C1. The van der Waals surface area contributed by atoms with Gasteiger partial charge < -0.3 is 14.4 Å². The predicted molar refractivity (Wildman–Crippen MR) is 75.2 cm³/mol. The van der Waals surface area contributed by atoms with Crippen LogP contribution in [0, 0.1) is 5.92 Å². The van der Waals surface area contributed by atoms with Gasteiger partial charge in [-0.05, 0) is 24.5 Å². The van der Waals surface area contributed by atoms with Crippen LogP contribution in [0.4, 0.5) is 0 Å². The highest BCUT2D eigenvalue weighted by Crippen LogP contribution is 2.35. The van der Waals surface area contributed by atoms with Gasteiger partial charge in [-0.1, -0.05) is 22.0 Å². The maximum atomic E-state index is 12.6. The van der Waals surface area contributed by atoms with Crippen molar-refractivity contribution < 1.29 is 14.3 Å². The lowest BCUT2D eigenvalue weighted by Gasteiger charge is -2.23. The molecule has 1 aromatic carbocycles. The van der Waals surface area contributed by atoms with E-state index in [0.29, 0.717) is 36.2 Å². The molecule has 2 heterocycles. The number of likely N-dealkylation sites (tertiary alicyclic amines) is 1. The van der Waals surface area contributed by atoms with Crippen molar-refractivity contribution in [3.8, 4) is 11.5 Å². The highest BCUT2D eigenvalue weighted by Gasteiger charge is 2.29. The second-order valence-electron chi connectivity index (χ2n) is 4.89. The van der Waals surface area contributed by atoms with Gasteiger partial charge in [-0.3, -0.25) is 4.79 Å². The number of hydrogen-bond donors (Lipinski definition) is 0. The first-order valence-electron chi connectivity index (χ1n) is 6.53. The lowest BCUT2D eigenvalue weighted by Crippen LogP contribution is -2.30. The van der Waals surface area contributed by atoms with Gasteiger partial charge in [0.05, 0.1) is 5.56 Å². The van der Waals surface area contributed by atoms with E-state index >= 15 is 0 Å². The van der Waals surface area contributed by atoms with Crippen LogP contribution < -0.4 is 9.47 Å². The number of carbonyl (C=O) groups is 1. The van der Waals surface area contributed by atoms with E-state index in [9.17, 15) is 4.79 Å². The summed E-state index contributed by atoms with van der Waals surface area (Å²) in [5.74, 6) is 1.88. The summed E-state index contributed by atoms with van der Waals surface area (Å²) in [6, 6.07) is 5.51. The van der Waals surface area contributed by atoms with Crippen LogP contribution in [0.25, 0.3) is 0 Å². The highest BCUT2D eigenvalue weighted by atomic mass is 79.9. The Morgan fingerprint density at radius 1 is 1.37 bits per heavy atom. The number of carbonyl (C=O) groups excluding carboxylic acids is 1. The standard InChI is InChI=1S/C14H16BrNO3/c15-8-10-4-5-16(9-10)14(17)11-2-1-3-12-13(11)19-7-6-18-12/h1-3,10H,4-9H2. The Labute approximate surface area is 120 Å². The van der Waals surface area contributed by atoms with Gasteiger partial charge in [0.25, 0.3) is 5.91 Å². The molecule has 2 aliphatic heterocycles. The molecule has 0 spiro atoms. The van der Waals surface area contributed by atoms with E-state index in [0.717, 1.165) is 24.8 Å². The second-order valence-corrected chi connectivity index (χ2v) is 5.54. The molecule has 3 rings (SSSR count). The Balaban J connectivity index is 1.84. The van der Waals surface area contributed by atoms with Gasteiger partial charge in [0, 0.05) is 18.4 Å². The summed E-state index contributed by atoms with van der Waals surface area (Å²) in [7, 11) is 0. The van der Waals surface area contributed by atoms with Crippen LogP contribution in [0.2, 0.25) is 0 Å². The number of rotatable bonds is 2. The van der Waals surface area contributed by atoms with Gasteiger partial charge in [-0.15, -0.1) is 0 Å². The Hall–Kier alpha value is -1.23.